The van der Waals surface area contributed by atoms with Crippen LogP contribution in [0.1, 0.15) is 10.4 Å². The van der Waals surface area contributed by atoms with Crippen LogP contribution in [0, 0.1) is 0 Å². The highest BCUT2D eigenvalue weighted by molar-refractivity contribution is 6.34. The first-order valence-corrected chi connectivity index (χ1v) is 6.79. The van der Waals surface area contributed by atoms with Gasteiger partial charge in [0.25, 0.3) is 5.91 Å². The van der Waals surface area contributed by atoms with Crippen molar-refractivity contribution < 1.29 is 14.3 Å². The molecule has 0 N–H and O–H groups in total. The highest BCUT2D eigenvalue weighted by Crippen LogP contribution is 2.17. The van der Waals surface area contributed by atoms with E-state index in [1.807, 2.05) is 0 Å². The molecule has 0 saturated heterocycles. The SMILES string of the molecule is COCCN(CC(=O)N(C)C)C(=O)c1cc(Cl)nnc1Cl. The Kier molecular flexibility index (Phi) is 6.80. The fraction of sp³-hybridized carbons (Fsp3) is 0.500. The Morgan fingerprint density at radius 2 is 1.95 bits per heavy atom. The molecular formula is C12H16Cl2N4O3. The third-order valence-corrected chi connectivity index (χ3v) is 3.09. The molecule has 116 valence electrons. The number of hydrogen-bond donors (Lipinski definition) is 0. The van der Waals surface area contributed by atoms with Crippen LogP contribution >= 0.6 is 23.2 Å². The molecule has 0 aliphatic carbocycles. The summed E-state index contributed by atoms with van der Waals surface area (Å²) in [5.41, 5.74) is 0.0966. The van der Waals surface area contributed by atoms with E-state index in [2.05, 4.69) is 10.2 Å². The second-order valence-electron chi connectivity index (χ2n) is 4.38. The number of hydrogen-bond acceptors (Lipinski definition) is 5. The topological polar surface area (TPSA) is 75.6 Å². The number of ether oxygens (including phenoxy) is 1. The van der Waals surface area contributed by atoms with E-state index in [4.69, 9.17) is 27.9 Å². The van der Waals surface area contributed by atoms with Gasteiger partial charge in [0.1, 0.15) is 6.54 Å². The first kappa shape index (κ1) is 17.6. The van der Waals surface area contributed by atoms with Crippen LogP contribution in [0.15, 0.2) is 6.07 Å². The molecule has 0 unspecified atom stereocenters. The largest absolute Gasteiger partial charge is 0.383 e. The predicted molar refractivity (Wildman–Crippen MR) is 78.5 cm³/mol. The number of halogens is 2. The van der Waals surface area contributed by atoms with E-state index in [9.17, 15) is 9.59 Å². The lowest BCUT2D eigenvalue weighted by Crippen LogP contribution is -2.42. The maximum absolute atomic E-state index is 12.5. The van der Waals surface area contributed by atoms with Gasteiger partial charge in [-0.15, -0.1) is 10.2 Å². The summed E-state index contributed by atoms with van der Waals surface area (Å²) in [5.74, 6) is -0.673. The van der Waals surface area contributed by atoms with Crippen molar-refractivity contribution in [2.45, 2.75) is 0 Å². The number of nitrogens with zero attached hydrogens (tertiary/aromatic N) is 4. The Morgan fingerprint density at radius 1 is 1.29 bits per heavy atom. The number of carbonyl (C=O) groups is 2. The van der Waals surface area contributed by atoms with Gasteiger partial charge in [-0.3, -0.25) is 9.59 Å². The number of likely N-dealkylation sites (N-methyl/N-ethyl adjacent to an activating group) is 1. The number of methoxy groups -OCH3 is 1. The van der Waals surface area contributed by atoms with Crippen molar-refractivity contribution in [3.05, 3.63) is 21.9 Å². The van der Waals surface area contributed by atoms with Crippen LogP contribution in [0.2, 0.25) is 10.3 Å². The minimum atomic E-state index is -0.455. The summed E-state index contributed by atoms with van der Waals surface area (Å²) in [6, 6.07) is 1.32. The summed E-state index contributed by atoms with van der Waals surface area (Å²) in [6.07, 6.45) is 0. The quantitative estimate of drug-likeness (QED) is 0.774. The number of amides is 2. The summed E-state index contributed by atoms with van der Waals surface area (Å²) in [6.45, 7) is 0.437. The molecular weight excluding hydrogens is 319 g/mol. The maximum atomic E-state index is 12.5. The van der Waals surface area contributed by atoms with Crippen molar-refractivity contribution in [3.8, 4) is 0 Å². The lowest BCUT2D eigenvalue weighted by molar-refractivity contribution is -0.129. The molecule has 0 aliphatic rings. The lowest BCUT2D eigenvalue weighted by Gasteiger charge is -2.23. The molecule has 2 amide bonds. The van der Waals surface area contributed by atoms with Crippen LogP contribution in [0.25, 0.3) is 0 Å². The van der Waals surface area contributed by atoms with Crippen molar-refractivity contribution in [1.29, 1.82) is 0 Å². The van der Waals surface area contributed by atoms with Crippen LogP contribution in [0.5, 0.6) is 0 Å². The highest BCUT2D eigenvalue weighted by Gasteiger charge is 2.22. The van der Waals surface area contributed by atoms with Crippen LogP contribution in [0.4, 0.5) is 0 Å². The van der Waals surface area contributed by atoms with E-state index in [-0.39, 0.29) is 41.5 Å². The normalized spacial score (nSPS) is 10.3. The second kappa shape index (κ2) is 8.11. The van der Waals surface area contributed by atoms with Crippen LogP contribution in [-0.2, 0) is 9.53 Å². The van der Waals surface area contributed by atoms with Crippen molar-refractivity contribution in [2.75, 3.05) is 40.9 Å². The van der Waals surface area contributed by atoms with E-state index in [0.717, 1.165) is 0 Å². The zero-order valence-corrected chi connectivity index (χ0v) is 13.5. The van der Waals surface area contributed by atoms with Crippen molar-refractivity contribution in [1.82, 2.24) is 20.0 Å². The predicted octanol–water partition coefficient (Wildman–Crippen LogP) is 0.960. The molecule has 0 fully saturated rings. The van der Waals surface area contributed by atoms with Gasteiger partial charge in [0, 0.05) is 27.7 Å². The van der Waals surface area contributed by atoms with Crippen molar-refractivity contribution >= 4 is 35.0 Å². The Labute approximate surface area is 132 Å². The summed E-state index contributed by atoms with van der Waals surface area (Å²) in [7, 11) is 4.73. The Hall–Kier alpha value is -1.44. The van der Waals surface area contributed by atoms with E-state index in [0.29, 0.717) is 0 Å². The van der Waals surface area contributed by atoms with Crippen LogP contribution < -0.4 is 0 Å². The Balaban J connectivity index is 2.98. The standard InChI is InChI=1S/C12H16Cl2N4O3/c1-17(2)10(19)7-18(4-5-21-3)12(20)8-6-9(13)15-16-11(8)14/h6H,4-5,7H2,1-3H3. The van der Waals surface area contributed by atoms with Crippen LogP contribution in [0.3, 0.4) is 0 Å². The molecule has 0 radical (unpaired) electrons. The van der Waals surface area contributed by atoms with E-state index < -0.39 is 5.91 Å². The van der Waals surface area contributed by atoms with Crippen molar-refractivity contribution in [3.63, 3.8) is 0 Å². The minimum Gasteiger partial charge on any atom is -0.383 e. The van der Waals surface area contributed by atoms with Gasteiger partial charge in [-0.2, -0.15) is 0 Å². The average molecular weight is 335 g/mol. The van der Waals surface area contributed by atoms with Gasteiger partial charge < -0.3 is 14.5 Å². The molecule has 0 atom stereocenters. The van der Waals surface area contributed by atoms with Gasteiger partial charge in [-0.05, 0) is 6.07 Å². The monoisotopic (exact) mass is 334 g/mol. The van der Waals surface area contributed by atoms with Crippen molar-refractivity contribution in [2.24, 2.45) is 0 Å². The molecule has 1 rings (SSSR count). The molecule has 9 heteroatoms. The summed E-state index contributed by atoms with van der Waals surface area (Å²) in [4.78, 5) is 27.0. The molecule has 7 nitrogen and oxygen atoms in total. The fourth-order valence-electron chi connectivity index (χ4n) is 1.43. The zero-order valence-electron chi connectivity index (χ0n) is 12.0. The van der Waals surface area contributed by atoms with Crippen LogP contribution in [-0.4, -0.2) is 72.7 Å². The molecule has 0 aliphatic heterocycles. The lowest BCUT2D eigenvalue weighted by atomic mass is 10.2. The fourth-order valence-corrected chi connectivity index (χ4v) is 1.75. The first-order valence-electron chi connectivity index (χ1n) is 6.04. The third kappa shape index (κ3) is 5.11. The Bertz CT molecular complexity index is 525. The van der Waals surface area contributed by atoms with E-state index >= 15 is 0 Å². The third-order valence-electron chi connectivity index (χ3n) is 2.63. The van der Waals surface area contributed by atoms with Gasteiger partial charge >= 0.3 is 0 Å². The molecule has 0 aromatic carbocycles. The molecule has 0 saturated carbocycles. The number of carbonyl (C=O) groups excluding carboxylic acids is 2. The van der Waals surface area contributed by atoms with Gasteiger partial charge in [0.2, 0.25) is 5.91 Å². The Morgan fingerprint density at radius 3 is 2.52 bits per heavy atom. The average Bonchev–Trinajstić information content (AvgIpc) is 2.44. The molecule has 1 aromatic rings. The summed E-state index contributed by atoms with van der Waals surface area (Å²) < 4.78 is 4.95. The summed E-state index contributed by atoms with van der Waals surface area (Å²) in [5, 5.41) is 7.12. The first-order chi connectivity index (χ1) is 9.86. The molecule has 1 heterocycles. The molecule has 0 bridgehead atoms. The van der Waals surface area contributed by atoms with Gasteiger partial charge in [0.05, 0.1) is 12.2 Å². The van der Waals surface area contributed by atoms with Gasteiger partial charge in [-0.1, -0.05) is 23.2 Å². The second-order valence-corrected chi connectivity index (χ2v) is 5.12. The molecule has 21 heavy (non-hydrogen) atoms. The maximum Gasteiger partial charge on any atom is 0.257 e. The van der Waals surface area contributed by atoms with Gasteiger partial charge in [-0.25, -0.2) is 0 Å². The highest BCUT2D eigenvalue weighted by atomic mass is 35.5. The zero-order chi connectivity index (χ0) is 16.0. The van der Waals surface area contributed by atoms with Gasteiger partial charge in [0.15, 0.2) is 10.3 Å². The molecule has 0 spiro atoms. The minimum absolute atomic E-state index is 0.0494. The van der Waals surface area contributed by atoms with E-state index in [1.165, 1.54) is 23.0 Å². The molecule has 1 aromatic heterocycles. The number of aromatic nitrogens is 2. The summed E-state index contributed by atoms with van der Waals surface area (Å²) >= 11 is 11.6. The van der Waals surface area contributed by atoms with E-state index in [1.54, 1.807) is 14.1 Å². The number of rotatable bonds is 6. The smallest absolute Gasteiger partial charge is 0.257 e.